The molecule has 1 saturated heterocycles. The summed E-state index contributed by atoms with van der Waals surface area (Å²) in [6, 6.07) is 5.10. The van der Waals surface area contributed by atoms with E-state index >= 15 is 0 Å². The fraction of sp³-hybridized carbons (Fsp3) is 0.417. The number of anilines is 1. The molecule has 1 aromatic rings. The van der Waals surface area contributed by atoms with Crippen molar-refractivity contribution in [2.45, 2.75) is 12.5 Å². The molecule has 1 fully saturated rings. The summed E-state index contributed by atoms with van der Waals surface area (Å²) in [6.45, 7) is 0. The van der Waals surface area contributed by atoms with Crippen molar-refractivity contribution >= 4 is 23.3 Å². The minimum atomic E-state index is -0.472. The summed E-state index contributed by atoms with van der Waals surface area (Å²) in [7, 11) is 1.92. The van der Waals surface area contributed by atoms with Gasteiger partial charge in [0.2, 0.25) is 0 Å². The molecule has 0 aliphatic carbocycles. The van der Waals surface area contributed by atoms with Crippen molar-refractivity contribution in [1.29, 1.82) is 0 Å². The maximum absolute atomic E-state index is 13.8. The third-order valence-electron chi connectivity index (χ3n) is 3.19. The number of nitrogens with zero attached hydrogens (tertiary/aromatic N) is 2. The van der Waals surface area contributed by atoms with Crippen molar-refractivity contribution in [3.63, 3.8) is 0 Å². The molecule has 1 atom stereocenters. The number of oxime groups is 1. The van der Waals surface area contributed by atoms with E-state index in [-0.39, 0.29) is 11.4 Å². The summed E-state index contributed by atoms with van der Waals surface area (Å²) in [5.41, 5.74) is 6.39. The molecule has 6 heteroatoms. The van der Waals surface area contributed by atoms with Crippen LogP contribution in [0.3, 0.4) is 0 Å². The molecule has 0 radical (unpaired) electrons. The summed E-state index contributed by atoms with van der Waals surface area (Å²) in [4.78, 5) is 2.01. The van der Waals surface area contributed by atoms with Gasteiger partial charge in [-0.25, -0.2) is 4.39 Å². The van der Waals surface area contributed by atoms with Crippen molar-refractivity contribution in [2.24, 2.45) is 10.9 Å². The number of hydrogen-bond donors (Lipinski definition) is 2. The molecule has 1 aromatic carbocycles. The Morgan fingerprint density at radius 1 is 1.61 bits per heavy atom. The zero-order valence-corrected chi connectivity index (χ0v) is 11.0. The lowest BCUT2D eigenvalue weighted by Crippen LogP contribution is -2.33. The Morgan fingerprint density at radius 2 is 2.39 bits per heavy atom. The standard InChI is InChI=1S/C12H16FN3OS/c1-16(8-5-6-18-7-8)10-4-2-3-9(13)11(10)12(14)15-17/h2-4,8,17H,5-7H2,1H3,(H2,14,15). The topological polar surface area (TPSA) is 61.8 Å². The van der Waals surface area contributed by atoms with Crippen molar-refractivity contribution in [1.82, 2.24) is 0 Å². The molecule has 0 amide bonds. The Morgan fingerprint density at radius 3 is 3.00 bits per heavy atom. The molecule has 0 spiro atoms. The van der Waals surface area contributed by atoms with Gasteiger partial charge < -0.3 is 15.8 Å². The van der Waals surface area contributed by atoms with Crippen molar-refractivity contribution < 1.29 is 9.60 Å². The molecule has 18 heavy (non-hydrogen) atoms. The van der Waals surface area contributed by atoms with Gasteiger partial charge in [-0.1, -0.05) is 11.2 Å². The smallest absolute Gasteiger partial charge is 0.175 e. The second-order valence-corrected chi connectivity index (χ2v) is 5.40. The highest BCUT2D eigenvalue weighted by Crippen LogP contribution is 2.29. The highest BCUT2D eigenvalue weighted by molar-refractivity contribution is 7.99. The monoisotopic (exact) mass is 269 g/mol. The largest absolute Gasteiger partial charge is 0.409 e. The van der Waals surface area contributed by atoms with Gasteiger partial charge in [0.1, 0.15) is 5.82 Å². The molecule has 0 bridgehead atoms. The highest BCUT2D eigenvalue weighted by Gasteiger charge is 2.24. The van der Waals surface area contributed by atoms with Crippen LogP contribution in [0.5, 0.6) is 0 Å². The lowest BCUT2D eigenvalue weighted by Gasteiger charge is -2.28. The zero-order valence-electron chi connectivity index (χ0n) is 10.1. The van der Waals surface area contributed by atoms with E-state index in [2.05, 4.69) is 5.16 Å². The van der Waals surface area contributed by atoms with E-state index in [4.69, 9.17) is 10.9 Å². The van der Waals surface area contributed by atoms with Gasteiger partial charge in [-0.2, -0.15) is 11.8 Å². The highest BCUT2D eigenvalue weighted by atomic mass is 32.2. The van der Waals surface area contributed by atoms with Crippen LogP contribution in [0.2, 0.25) is 0 Å². The van der Waals surface area contributed by atoms with E-state index in [1.54, 1.807) is 12.1 Å². The number of amidine groups is 1. The average molecular weight is 269 g/mol. The molecule has 1 unspecified atom stereocenters. The minimum Gasteiger partial charge on any atom is -0.409 e. The van der Waals surface area contributed by atoms with Crippen LogP contribution in [-0.4, -0.2) is 35.6 Å². The lowest BCUT2D eigenvalue weighted by atomic mass is 10.1. The van der Waals surface area contributed by atoms with Gasteiger partial charge in [-0.05, 0) is 24.3 Å². The third kappa shape index (κ3) is 2.38. The average Bonchev–Trinajstić information content (AvgIpc) is 2.90. The maximum atomic E-state index is 13.8. The van der Waals surface area contributed by atoms with Crippen LogP contribution in [0.25, 0.3) is 0 Å². The predicted molar refractivity (Wildman–Crippen MR) is 73.0 cm³/mol. The molecule has 0 saturated carbocycles. The Bertz CT molecular complexity index is 461. The fourth-order valence-electron chi connectivity index (χ4n) is 2.13. The first-order valence-corrected chi connectivity index (χ1v) is 6.87. The molecule has 4 nitrogen and oxygen atoms in total. The minimum absolute atomic E-state index is 0.166. The van der Waals surface area contributed by atoms with E-state index in [1.165, 1.54) is 6.07 Å². The van der Waals surface area contributed by atoms with Gasteiger partial charge >= 0.3 is 0 Å². The number of benzene rings is 1. The number of hydrogen-bond acceptors (Lipinski definition) is 4. The van der Waals surface area contributed by atoms with Gasteiger partial charge in [0.15, 0.2) is 5.84 Å². The van der Waals surface area contributed by atoms with Crippen LogP contribution < -0.4 is 10.6 Å². The summed E-state index contributed by atoms with van der Waals surface area (Å²) >= 11 is 1.88. The number of thioether (sulfide) groups is 1. The number of halogens is 1. The number of nitrogens with two attached hydrogens (primary N) is 1. The zero-order chi connectivity index (χ0) is 13.1. The summed E-state index contributed by atoms with van der Waals surface area (Å²) in [5, 5.41) is 11.7. The van der Waals surface area contributed by atoms with Gasteiger partial charge in [-0.15, -0.1) is 0 Å². The van der Waals surface area contributed by atoms with Gasteiger partial charge in [0.25, 0.3) is 0 Å². The van der Waals surface area contributed by atoms with Crippen LogP contribution >= 0.6 is 11.8 Å². The van der Waals surface area contributed by atoms with Gasteiger partial charge in [-0.3, -0.25) is 0 Å². The lowest BCUT2D eigenvalue weighted by molar-refractivity contribution is 0.318. The van der Waals surface area contributed by atoms with Crippen molar-refractivity contribution in [2.75, 3.05) is 23.5 Å². The molecule has 1 aliphatic rings. The third-order valence-corrected chi connectivity index (χ3v) is 4.33. The summed E-state index contributed by atoms with van der Waals surface area (Å²) < 4.78 is 13.8. The summed E-state index contributed by atoms with van der Waals surface area (Å²) in [5.74, 6) is 1.46. The van der Waals surface area contributed by atoms with Gasteiger partial charge in [0.05, 0.1) is 11.3 Å². The van der Waals surface area contributed by atoms with E-state index in [1.807, 2.05) is 23.7 Å². The van der Waals surface area contributed by atoms with Crippen LogP contribution in [-0.2, 0) is 0 Å². The second-order valence-electron chi connectivity index (χ2n) is 4.25. The quantitative estimate of drug-likeness (QED) is 0.380. The Labute approximate surface area is 110 Å². The Kier molecular flexibility index (Phi) is 3.96. The second kappa shape index (κ2) is 5.48. The van der Waals surface area contributed by atoms with Crippen LogP contribution in [0.1, 0.15) is 12.0 Å². The van der Waals surface area contributed by atoms with Crippen molar-refractivity contribution in [3.8, 4) is 0 Å². The number of rotatable bonds is 3. The molecule has 0 aromatic heterocycles. The molecule has 3 N–H and O–H groups in total. The SMILES string of the molecule is CN(c1cccc(F)c1C(N)=NO)C1CCSC1. The fourth-order valence-corrected chi connectivity index (χ4v) is 3.40. The van der Waals surface area contributed by atoms with E-state index < -0.39 is 5.82 Å². The first kappa shape index (κ1) is 13.0. The van der Waals surface area contributed by atoms with Crippen LogP contribution in [0.15, 0.2) is 23.4 Å². The van der Waals surface area contributed by atoms with E-state index in [0.717, 1.165) is 17.9 Å². The normalized spacial score (nSPS) is 20.1. The molecule has 1 heterocycles. The maximum Gasteiger partial charge on any atom is 0.175 e. The van der Waals surface area contributed by atoms with E-state index in [9.17, 15) is 4.39 Å². The Balaban J connectivity index is 2.40. The predicted octanol–water partition coefficient (Wildman–Crippen LogP) is 1.86. The first-order valence-electron chi connectivity index (χ1n) is 5.72. The van der Waals surface area contributed by atoms with Gasteiger partial charge in [0, 0.05) is 18.8 Å². The molecule has 98 valence electrons. The first-order chi connectivity index (χ1) is 8.65. The van der Waals surface area contributed by atoms with Crippen LogP contribution in [0, 0.1) is 5.82 Å². The molecule has 1 aliphatic heterocycles. The Hall–Kier alpha value is -1.43. The summed E-state index contributed by atoms with van der Waals surface area (Å²) in [6.07, 6.45) is 1.06. The molecular formula is C12H16FN3OS. The molecular weight excluding hydrogens is 253 g/mol. The van der Waals surface area contributed by atoms with Crippen LogP contribution in [0.4, 0.5) is 10.1 Å². The van der Waals surface area contributed by atoms with Crippen molar-refractivity contribution in [3.05, 3.63) is 29.6 Å². The van der Waals surface area contributed by atoms with E-state index in [0.29, 0.717) is 11.7 Å². The molecule has 2 rings (SSSR count).